The van der Waals surface area contributed by atoms with Crippen molar-refractivity contribution in [1.82, 2.24) is 0 Å². The molecular weight excluding hydrogens is 296 g/mol. The van der Waals surface area contributed by atoms with Gasteiger partial charge in [0.15, 0.2) is 0 Å². The molecule has 1 aromatic carbocycles. The number of nitrogens with zero attached hydrogens (tertiary/aromatic N) is 2. The zero-order valence-corrected chi connectivity index (χ0v) is 11.1. The first-order valence-corrected chi connectivity index (χ1v) is 7.65. The Morgan fingerprint density at radius 3 is 2.53 bits per heavy atom. The van der Waals surface area contributed by atoms with Gasteiger partial charge in [0.1, 0.15) is 5.69 Å². The average molecular weight is 305 g/mol. The Labute approximate surface area is 113 Å². The summed E-state index contributed by atoms with van der Waals surface area (Å²) in [6.45, 7) is 0.382. The van der Waals surface area contributed by atoms with Crippen LogP contribution in [0.4, 0.5) is 11.4 Å². The predicted molar refractivity (Wildman–Crippen MR) is 67.7 cm³/mol. The topological polar surface area (TPSA) is 97.6 Å². The first-order chi connectivity index (χ1) is 8.80. The molecule has 1 heterocycles. The normalized spacial score (nSPS) is 15.8. The minimum Gasteiger partial charge on any atom is -0.306 e. The Morgan fingerprint density at radius 2 is 2.05 bits per heavy atom. The number of anilines is 1. The van der Waals surface area contributed by atoms with Crippen LogP contribution in [-0.4, -0.2) is 25.8 Å². The fourth-order valence-electron chi connectivity index (χ4n) is 1.93. The zero-order chi connectivity index (χ0) is 14.2. The Balaban J connectivity index is 2.56. The van der Waals surface area contributed by atoms with Gasteiger partial charge in [0.05, 0.1) is 9.82 Å². The lowest BCUT2D eigenvalue weighted by Crippen LogP contribution is -2.24. The van der Waals surface area contributed by atoms with Crippen molar-refractivity contribution in [3.63, 3.8) is 0 Å². The highest BCUT2D eigenvalue weighted by Gasteiger charge is 2.29. The largest absolute Gasteiger partial charge is 0.306 e. The third-order valence-electron chi connectivity index (χ3n) is 2.79. The molecule has 19 heavy (non-hydrogen) atoms. The third-order valence-corrected chi connectivity index (χ3v) is 4.14. The summed E-state index contributed by atoms with van der Waals surface area (Å²) >= 11 is 0. The maximum atomic E-state index is 11.6. The van der Waals surface area contributed by atoms with Crippen molar-refractivity contribution in [2.45, 2.75) is 17.7 Å². The van der Waals surface area contributed by atoms with Gasteiger partial charge in [-0.05, 0) is 18.6 Å². The molecule has 0 aromatic heterocycles. The molecule has 0 N–H and O–H groups in total. The van der Waals surface area contributed by atoms with E-state index in [1.165, 1.54) is 11.0 Å². The van der Waals surface area contributed by atoms with E-state index < -0.39 is 19.7 Å². The second-order valence-corrected chi connectivity index (χ2v) is 6.56. The molecule has 1 aromatic rings. The van der Waals surface area contributed by atoms with Crippen LogP contribution in [0.2, 0.25) is 0 Å². The van der Waals surface area contributed by atoms with E-state index in [-0.39, 0.29) is 16.5 Å². The summed E-state index contributed by atoms with van der Waals surface area (Å²) in [6, 6.07) is 3.25. The molecule has 1 amide bonds. The lowest BCUT2D eigenvalue weighted by atomic mass is 10.2. The van der Waals surface area contributed by atoms with Gasteiger partial charge in [0.25, 0.3) is 14.7 Å². The molecule has 1 aliphatic heterocycles. The molecule has 9 heteroatoms. The van der Waals surface area contributed by atoms with Crippen molar-refractivity contribution in [1.29, 1.82) is 0 Å². The predicted octanol–water partition coefficient (Wildman–Crippen LogP) is 1.65. The van der Waals surface area contributed by atoms with Gasteiger partial charge in [0, 0.05) is 29.7 Å². The first-order valence-electron chi connectivity index (χ1n) is 5.34. The highest BCUT2D eigenvalue weighted by atomic mass is 35.7. The van der Waals surface area contributed by atoms with E-state index in [1.807, 2.05) is 0 Å². The third kappa shape index (κ3) is 2.69. The van der Waals surface area contributed by atoms with Crippen LogP contribution in [0.5, 0.6) is 0 Å². The van der Waals surface area contributed by atoms with Crippen LogP contribution in [0.1, 0.15) is 12.8 Å². The molecule has 102 valence electrons. The molecule has 0 spiro atoms. The van der Waals surface area contributed by atoms with Crippen LogP contribution in [0.3, 0.4) is 0 Å². The number of rotatable bonds is 3. The van der Waals surface area contributed by atoms with Crippen molar-refractivity contribution < 1.29 is 18.1 Å². The maximum Gasteiger partial charge on any atom is 0.294 e. The summed E-state index contributed by atoms with van der Waals surface area (Å²) < 4.78 is 22.3. The summed E-state index contributed by atoms with van der Waals surface area (Å²) in [4.78, 5) is 22.8. The van der Waals surface area contributed by atoms with Crippen LogP contribution in [0, 0.1) is 10.1 Å². The summed E-state index contributed by atoms with van der Waals surface area (Å²) in [5.41, 5.74) is -0.353. The Hall–Kier alpha value is -1.67. The number of hydrogen-bond donors (Lipinski definition) is 0. The van der Waals surface area contributed by atoms with Gasteiger partial charge in [-0.25, -0.2) is 8.42 Å². The summed E-state index contributed by atoms with van der Waals surface area (Å²) in [6.07, 6.45) is 0.943. The maximum absolute atomic E-state index is 11.6. The second kappa shape index (κ2) is 4.78. The number of carbonyl (C=O) groups is 1. The summed E-state index contributed by atoms with van der Waals surface area (Å²) in [7, 11) is 1.10. The number of nitro groups is 1. The van der Waals surface area contributed by atoms with E-state index >= 15 is 0 Å². The smallest absolute Gasteiger partial charge is 0.294 e. The van der Waals surface area contributed by atoms with E-state index in [9.17, 15) is 23.3 Å². The molecule has 0 atom stereocenters. The molecule has 0 unspecified atom stereocenters. The number of hydrogen-bond acceptors (Lipinski definition) is 5. The van der Waals surface area contributed by atoms with Crippen molar-refractivity contribution in [3.8, 4) is 0 Å². The number of benzene rings is 1. The minimum absolute atomic E-state index is 0.0940. The Kier molecular flexibility index (Phi) is 3.46. The molecule has 0 bridgehead atoms. The van der Waals surface area contributed by atoms with Crippen LogP contribution in [0.15, 0.2) is 23.1 Å². The van der Waals surface area contributed by atoms with Crippen molar-refractivity contribution in [2.24, 2.45) is 0 Å². The van der Waals surface area contributed by atoms with Gasteiger partial charge in [-0.2, -0.15) is 0 Å². The highest BCUT2D eigenvalue weighted by Crippen LogP contribution is 2.34. The summed E-state index contributed by atoms with van der Waals surface area (Å²) in [5, 5.41) is 11.0. The van der Waals surface area contributed by atoms with Gasteiger partial charge in [-0.15, -0.1) is 0 Å². The molecule has 0 saturated carbocycles. The minimum atomic E-state index is -4.05. The second-order valence-electron chi connectivity index (χ2n) is 3.99. The Morgan fingerprint density at radius 1 is 1.37 bits per heavy atom. The molecular formula is C10H9ClN2O5S. The molecule has 7 nitrogen and oxygen atoms in total. The van der Waals surface area contributed by atoms with Crippen molar-refractivity contribution in [2.75, 3.05) is 11.4 Å². The lowest BCUT2D eigenvalue weighted by Gasteiger charge is -2.15. The molecule has 1 aliphatic rings. The molecule has 1 fully saturated rings. The summed E-state index contributed by atoms with van der Waals surface area (Å²) in [5.74, 6) is -0.218. The van der Waals surface area contributed by atoms with E-state index in [4.69, 9.17) is 10.7 Å². The lowest BCUT2D eigenvalue weighted by molar-refractivity contribution is -0.384. The zero-order valence-electron chi connectivity index (χ0n) is 9.58. The molecule has 2 rings (SSSR count). The van der Waals surface area contributed by atoms with Crippen LogP contribution in [0.25, 0.3) is 0 Å². The van der Waals surface area contributed by atoms with Crippen LogP contribution in [-0.2, 0) is 13.8 Å². The van der Waals surface area contributed by atoms with Gasteiger partial charge in [0.2, 0.25) is 5.91 Å². The Bertz CT molecular complexity index is 658. The first kappa shape index (κ1) is 13.8. The SMILES string of the molecule is O=C1CCCN1c1ccc(S(=O)(=O)Cl)cc1[N+](=O)[O-]. The van der Waals surface area contributed by atoms with E-state index in [0.29, 0.717) is 19.4 Å². The fourth-order valence-corrected chi connectivity index (χ4v) is 2.70. The van der Waals surface area contributed by atoms with E-state index in [2.05, 4.69) is 0 Å². The quantitative estimate of drug-likeness (QED) is 0.480. The molecule has 0 aliphatic carbocycles. The van der Waals surface area contributed by atoms with Crippen LogP contribution < -0.4 is 4.90 Å². The number of nitro benzene ring substituents is 1. The average Bonchev–Trinajstić information content (AvgIpc) is 2.73. The van der Waals surface area contributed by atoms with Crippen molar-refractivity contribution in [3.05, 3.63) is 28.3 Å². The fraction of sp³-hybridized carbons (Fsp3) is 0.300. The van der Waals surface area contributed by atoms with Crippen molar-refractivity contribution >= 4 is 37.0 Å². The van der Waals surface area contributed by atoms with Gasteiger partial charge < -0.3 is 4.90 Å². The van der Waals surface area contributed by atoms with Gasteiger partial charge in [-0.1, -0.05) is 0 Å². The highest BCUT2D eigenvalue weighted by molar-refractivity contribution is 8.13. The van der Waals surface area contributed by atoms with E-state index in [0.717, 1.165) is 12.1 Å². The molecule has 1 saturated heterocycles. The number of amides is 1. The standard InChI is InChI=1S/C10H9ClN2O5S/c11-19(17,18)7-3-4-8(9(6-7)13(15)16)12-5-1-2-10(12)14/h3-4,6H,1-2,5H2. The number of halogens is 1. The van der Waals surface area contributed by atoms with Crippen LogP contribution >= 0.6 is 10.7 Å². The van der Waals surface area contributed by atoms with E-state index in [1.54, 1.807) is 0 Å². The monoisotopic (exact) mass is 304 g/mol. The molecule has 0 radical (unpaired) electrons. The van der Waals surface area contributed by atoms with Gasteiger partial charge >= 0.3 is 0 Å². The van der Waals surface area contributed by atoms with Gasteiger partial charge in [-0.3, -0.25) is 14.9 Å². The number of carbonyl (C=O) groups excluding carboxylic acids is 1.